The lowest BCUT2D eigenvalue weighted by atomic mass is 9.73. The highest BCUT2D eigenvalue weighted by atomic mass is 16.6. The molecular weight excluding hydrogens is 290 g/mol. The van der Waals surface area contributed by atoms with Crippen LogP contribution in [0.4, 0.5) is 17.1 Å². The number of anilines is 1. The van der Waals surface area contributed by atoms with Gasteiger partial charge in [0.05, 0.1) is 22.0 Å². The smallest absolute Gasteiger partial charge is 0.299 e. The third-order valence-corrected chi connectivity index (χ3v) is 4.35. The van der Waals surface area contributed by atoms with Gasteiger partial charge in [-0.05, 0) is 18.9 Å². The highest BCUT2D eigenvalue weighted by molar-refractivity contribution is 5.65. The van der Waals surface area contributed by atoms with Crippen LogP contribution in [-0.2, 0) is 0 Å². The molecule has 0 amide bonds. The SMILES string of the molecule is CC1(CNc2ccc([N+](=O)[O-])cc2[N+](=O)[O-])CCCCC1O. The third kappa shape index (κ3) is 3.33. The number of nitrogens with one attached hydrogen (secondary N) is 1. The van der Waals surface area contributed by atoms with E-state index in [9.17, 15) is 25.3 Å². The van der Waals surface area contributed by atoms with Crippen molar-refractivity contribution in [3.8, 4) is 0 Å². The van der Waals surface area contributed by atoms with Crippen LogP contribution in [0.5, 0.6) is 0 Å². The topological polar surface area (TPSA) is 119 Å². The van der Waals surface area contributed by atoms with Crippen molar-refractivity contribution < 1.29 is 15.0 Å². The second kappa shape index (κ2) is 6.27. The summed E-state index contributed by atoms with van der Waals surface area (Å²) in [6.07, 6.45) is 3.10. The Morgan fingerprint density at radius 1 is 1.32 bits per heavy atom. The molecule has 1 aromatic rings. The predicted octanol–water partition coefficient (Wildman–Crippen LogP) is 2.86. The van der Waals surface area contributed by atoms with E-state index >= 15 is 0 Å². The maximum atomic E-state index is 11.1. The van der Waals surface area contributed by atoms with Crippen molar-refractivity contribution in [3.63, 3.8) is 0 Å². The molecule has 0 radical (unpaired) electrons. The summed E-state index contributed by atoms with van der Waals surface area (Å²) in [6, 6.07) is 3.52. The third-order valence-electron chi connectivity index (χ3n) is 4.35. The van der Waals surface area contributed by atoms with Gasteiger partial charge in [0.25, 0.3) is 11.4 Å². The number of nitro benzene ring substituents is 2. The highest BCUT2D eigenvalue weighted by Crippen LogP contribution is 2.37. The van der Waals surface area contributed by atoms with Gasteiger partial charge in [0.2, 0.25) is 0 Å². The van der Waals surface area contributed by atoms with Crippen LogP contribution in [0.25, 0.3) is 0 Å². The molecule has 0 aromatic heterocycles. The molecule has 1 aromatic carbocycles. The molecular formula is C14H19N3O5. The molecule has 1 aliphatic rings. The van der Waals surface area contributed by atoms with Crippen molar-refractivity contribution in [3.05, 3.63) is 38.4 Å². The summed E-state index contributed by atoms with van der Waals surface area (Å²) < 4.78 is 0. The highest BCUT2D eigenvalue weighted by Gasteiger charge is 2.35. The van der Waals surface area contributed by atoms with E-state index in [-0.39, 0.29) is 22.5 Å². The summed E-state index contributed by atoms with van der Waals surface area (Å²) >= 11 is 0. The van der Waals surface area contributed by atoms with Crippen LogP contribution in [-0.4, -0.2) is 27.6 Å². The second-order valence-electron chi connectivity index (χ2n) is 5.98. The molecule has 0 spiro atoms. The first kappa shape index (κ1) is 16.2. The lowest BCUT2D eigenvalue weighted by Crippen LogP contribution is -2.41. The number of aliphatic hydroxyl groups is 1. The fourth-order valence-electron chi connectivity index (χ4n) is 2.82. The van der Waals surface area contributed by atoms with E-state index in [1.54, 1.807) is 0 Å². The van der Waals surface area contributed by atoms with Gasteiger partial charge in [0.1, 0.15) is 5.69 Å². The number of non-ortho nitro benzene ring substituents is 1. The van der Waals surface area contributed by atoms with Crippen LogP contribution in [0, 0.1) is 25.6 Å². The van der Waals surface area contributed by atoms with Crippen molar-refractivity contribution in [1.29, 1.82) is 0 Å². The molecule has 2 atom stereocenters. The van der Waals surface area contributed by atoms with Gasteiger partial charge in [-0.2, -0.15) is 0 Å². The summed E-state index contributed by atoms with van der Waals surface area (Å²) in [5.41, 5.74) is -0.771. The van der Waals surface area contributed by atoms with Crippen LogP contribution in [0.2, 0.25) is 0 Å². The van der Waals surface area contributed by atoms with E-state index in [1.807, 2.05) is 6.92 Å². The molecule has 2 rings (SSSR count). The molecule has 1 saturated carbocycles. The molecule has 2 unspecified atom stereocenters. The van der Waals surface area contributed by atoms with Gasteiger partial charge >= 0.3 is 0 Å². The van der Waals surface area contributed by atoms with Crippen molar-refractivity contribution in [2.75, 3.05) is 11.9 Å². The zero-order valence-corrected chi connectivity index (χ0v) is 12.3. The monoisotopic (exact) mass is 309 g/mol. The number of nitro groups is 2. The Kier molecular flexibility index (Phi) is 4.60. The van der Waals surface area contributed by atoms with E-state index in [0.29, 0.717) is 6.54 Å². The summed E-state index contributed by atoms with van der Waals surface area (Å²) in [5, 5.41) is 34.9. The first-order valence-corrected chi connectivity index (χ1v) is 7.18. The van der Waals surface area contributed by atoms with Crippen LogP contribution in [0.15, 0.2) is 18.2 Å². The van der Waals surface area contributed by atoms with Gasteiger partial charge in [0.15, 0.2) is 0 Å². The minimum atomic E-state index is -0.664. The summed E-state index contributed by atoms with van der Waals surface area (Å²) in [5.74, 6) is 0. The number of hydrogen-bond donors (Lipinski definition) is 2. The molecule has 1 fully saturated rings. The predicted molar refractivity (Wildman–Crippen MR) is 80.8 cm³/mol. The molecule has 0 saturated heterocycles. The Morgan fingerprint density at radius 3 is 2.64 bits per heavy atom. The van der Waals surface area contributed by atoms with Crippen molar-refractivity contribution in [1.82, 2.24) is 0 Å². The summed E-state index contributed by atoms with van der Waals surface area (Å²) in [4.78, 5) is 20.5. The lowest BCUT2D eigenvalue weighted by molar-refractivity contribution is -0.393. The minimum absolute atomic E-state index is 0.231. The van der Waals surface area contributed by atoms with Crippen LogP contribution >= 0.6 is 0 Å². The largest absolute Gasteiger partial charge is 0.392 e. The summed E-state index contributed by atoms with van der Waals surface area (Å²) in [7, 11) is 0. The molecule has 0 aliphatic heterocycles. The Morgan fingerprint density at radius 2 is 2.05 bits per heavy atom. The zero-order valence-electron chi connectivity index (χ0n) is 12.3. The van der Waals surface area contributed by atoms with E-state index in [2.05, 4.69) is 5.32 Å². The molecule has 1 aliphatic carbocycles. The standard InChI is InChI=1S/C14H19N3O5/c1-14(7-3-2-4-13(14)18)9-15-11-6-5-10(16(19)20)8-12(11)17(21)22/h5-6,8,13,15,18H,2-4,7,9H2,1H3. The van der Waals surface area contributed by atoms with Crippen molar-refractivity contribution in [2.45, 2.75) is 38.7 Å². The Hall–Kier alpha value is -2.22. The van der Waals surface area contributed by atoms with E-state index in [4.69, 9.17) is 0 Å². The summed E-state index contributed by atoms with van der Waals surface area (Å²) in [6.45, 7) is 2.33. The maximum Gasteiger partial charge on any atom is 0.299 e. The first-order chi connectivity index (χ1) is 10.3. The van der Waals surface area contributed by atoms with E-state index in [1.165, 1.54) is 12.1 Å². The van der Waals surface area contributed by atoms with Crippen LogP contribution in [0.1, 0.15) is 32.6 Å². The molecule has 8 heteroatoms. The molecule has 0 bridgehead atoms. The lowest BCUT2D eigenvalue weighted by Gasteiger charge is -2.38. The van der Waals surface area contributed by atoms with Gasteiger partial charge in [-0.25, -0.2) is 0 Å². The van der Waals surface area contributed by atoms with Gasteiger partial charge in [-0.1, -0.05) is 19.8 Å². The van der Waals surface area contributed by atoms with Gasteiger partial charge < -0.3 is 10.4 Å². The van der Waals surface area contributed by atoms with Crippen LogP contribution < -0.4 is 5.32 Å². The number of benzene rings is 1. The van der Waals surface area contributed by atoms with Crippen molar-refractivity contribution in [2.24, 2.45) is 5.41 Å². The Bertz CT molecular complexity index is 592. The van der Waals surface area contributed by atoms with Gasteiger partial charge in [-0.15, -0.1) is 0 Å². The quantitative estimate of drug-likeness (QED) is 0.637. The fraction of sp³-hybridized carbons (Fsp3) is 0.571. The molecule has 22 heavy (non-hydrogen) atoms. The van der Waals surface area contributed by atoms with Gasteiger partial charge in [0, 0.05) is 18.0 Å². The van der Waals surface area contributed by atoms with Crippen LogP contribution in [0.3, 0.4) is 0 Å². The zero-order chi connectivity index (χ0) is 16.3. The van der Waals surface area contributed by atoms with E-state index < -0.39 is 16.0 Å². The Balaban J connectivity index is 2.18. The second-order valence-corrected chi connectivity index (χ2v) is 5.98. The minimum Gasteiger partial charge on any atom is -0.392 e. The molecule has 120 valence electrons. The molecule has 0 heterocycles. The van der Waals surface area contributed by atoms with Crippen molar-refractivity contribution >= 4 is 17.1 Å². The first-order valence-electron chi connectivity index (χ1n) is 7.18. The average Bonchev–Trinajstić information content (AvgIpc) is 2.48. The average molecular weight is 309 g/mol. The number of rotatable bonds is 5. The number of hydrogen-bond acceptors (Lipinski definition) is 6. The van der Waals surface area contributed by atoms with Gasteiger partial charge in [-0.3, -0.25) is 20.2 Å². The normalized spacial score (nSPS) is 24.7. The maximum absolute atomic E-state index is 11.1. The number of nitrogens with zero attached hydrogens (tertiary/aromatic N) is 2. The molecule has 2 N–H and O–H groups in total. The Labute approximate surface area is 127 Å². The number of aliphatic hydroxyl groups excluding tert-OH is 1. The van der Waals surface area contributed by atoms with E-state index in [0.717, 1.165) is 31.7 Å². The molecule has 8 nitrogen and oxygen atoms in total. The fourth-order valence-corrected chi connectivity index (χ4v) is 2.82.